The van der Waals surface area contributed by atoms with Gasteiger partial charge in [-0.25, -0.2) is 4.98 Å². The van der Waals surface area contributed by atoms with E-state index in [1.165, 1.54) is 0 Å². The van der Waals surface area contributed by atoms with E-state index in [1.807, 2.05) is 19.9 Å². The van der Waals surface area contributed by atoms with E-state index >= 15 is 0 Å². The van der Waals surface area contributed by atoms with Gasteiger partial charge in [-0.3, -0.25) is 0 Å². The number of anilines is 1. The number of hydrogen-bond donors (Lipinski definition) is 2. The lowest BCUT2D eigenvalue weighted by atomic mass is 9.82. The zero-order chi connectivity index (χ0) is 12.3. The summed E-state index contributed by atoms with van der Waals surface area (Å²) in [4.78, 5) is 8.57. The first kappa shape index (κ1) is 12.1. The molecule has 5 nitrogen and oxygen atoms in total. The number of rotatable bonds is 5. The van der Waals surface area contributed by atoms with Crippen LogP contribution in [0.2, 0.25) is 0 Å². The van der Waals surface area contributed by atoms with E-state index in [9.17, 15) is 5.11 Å². The van der Waals surface area contributed by atoms with Crippen molar-refractivity contribution in [1.82, 2.24) is 9.97 Å². The molecular weight excluding hydrogens is 218 g/mol. The average molecular weight is 237 g/mol. The van der Waals surface area contributed by atoms with E-state index in [2.05, 4.69) is 15.3 Å². The first-order valence-corrected chi connectivity index (χ1v) is 6.07. The second-order valence-corrected chi connectivity index (χ2v) is 4.48. The highest BCUT2D eigenvalue weighted by Crippen LogP contribution is 2.27. The predicted octanol–water partition coefficient (Wildman–Crippen LogP) is 1.37. The Balaban J connectivity index is 1.90. The van der Waals surface area contributed by atoms with Crippen LogP contribution < -0.4 is 10.1 Å². The molecule has 17 heavy (non-hydrogen) atoms. The van der Waals surface area contributed by atoms with Crippen LogP contribution >= 0.6 is 0 Å². The molecule has 1 saturated carbocycles. The van der Waals surface area contributed by atoms with E-state index in [0.29, 0.717) is 24.4 Å². The minimum atomic E-state index is -0.112. The third kappa shape index (κ3) is 3.30. The summed E-state index contributed by atoms with van der Waals surface area (Å²) in [5.74, 6) is 1.75. The molecule has 0 unspecified atom stereocenters. The molecule has 1 aromatic rings. The molecule has 1 heterocycles. The molecule has 0 spiro atoms. The van der Waals surface area contributed by atoms with Crippen molar-refractivity contribution in [3.8, 4) is 5.88 Å². The molecule has 2 N–H and O–H groups in total. The Morgan fingerprint density at radius 1 is 1.47 bits per heavy atom. The lowest BCUT2D eigenvalue weighted by Crippen LogP contribution is -2.33. The number of nitrogens with zero attached hydrogens (tertiary/aromatic N) is 2. The molecule has 1 fully saturated rings. The van der Waals surface area contributed by atoms with Crippen molar-refractivity contribution in [2.24, 2.45) is 5.92 Å². The van der Waals surface area contributed by atoms with Crippen LogP contribution in [0.5, 0.6) is 5.88 Å². The number of aryl methyl sites for hydroxylation is 1. The topological polar surface area (TPSA) is 67.3 Å². The van der Waals surface area contributed by atoms with Crippen molar-refractivity contribution in [2.75, 3.05) is 18.5 Å². The van der Waals surface area contributed by atoms with Crippen molar-refractivity contribution in [3.63, 3.8) is 0 Å². The van der Waals surface area contributed by atoms with Gasteiger partial charge < -0.3 is 15.2 Å². The molecule has 0 radical (unpaired) electrons. The second-order valence-electron chi connectivity index (χ2n) is 4.48. The van der Waals surface area contributed by atoms with Gasteiger partial charge in [-0.1, -0.05) is 0 Å². The number of aliphatic hydroxyl groups excluding tert-OH is 1. The number of hydrogen-bond acceptors (Lipinski definition) is 5. The maximum atomic E-state index is 9.19. The maximum Gasteiger partial charge on any atom is 0.226 e. The van der Waals surface area contributed by atoms with Gasteiger partial charge in [0, 0.05) is 18.3 Å². The van der Waals surface area contributed by atoms with Gasteiger partial charge in [0.2, 0.25) is 11.8 Å². The van der Waals surface area contributed by atoms with Gasteiger partial charge in [-0.2, -0.15) is 4.98 Å². The van der Waals surface area contributed by atoms with Crippen molar-refractivity contribution in [3.05, 3.63) is 11.8 Å². The van der Waals surface area contributed by atoms with Crippen molar-refractivity contribution < 1.29 is 9.84 Å². The van der Waals surface area contributed by atoms with Crippen LogP contribution in [0, 0.1) is 12.8 Å². The summed E-state index contributed by atoms with van der Waals surface area (Å²) in [5, 5.41) is 12.4. The number of aromatic nitrogens is 2. The largest absolute Gasteiger partial charge is 0.478 e. The molecule has 0 atom stereocenters. The summed E-state index contributed by atoms with van der Waals surface area (Å²) >= 11 is 0. The summed E-state index contributed by atoms with van der Waals surface area (Å²) in [5.41, 5.74) is 0.889. The van der Waals surface area contributed by atoms with Gasteiger partial charge in [0.25, 0.3) is 0 Å². The molecule has 1 aliphatic rings. The fraction of sp³-hybridized carbons (Fsp3) is 0.667. The molecule has 0 aliphatic heterocycles. The summed E-state index contributed by atoms with van der Waals surface area (Å²) in [6.45, 7) is 5.26. The summed E-state index contributed by atoms with van der Waals surface area (Å²) in [7, 11) is 0. The fourth-order valence-electron chi connectivity index (χ4n) is 1.94. The Bertz CT molecular complexity index is 378. The van der Waals surface area contributed by atoms with E-state index in [4.69, 9.17) is 4.74 Å². The SMILES string of the molecule is CCOc1cc(C)nc(NCC2CC(O)C2)n1. The molecule has 1 aromatic heterocycles. The minimum absolute atomic E-state index is 0.112. The molecule has 0 aromatic carbocycles. The van der Waals surface area contributed by atoms with Crippen LogP contribution in [0.4, 0.5) is 5.95 Å². The number of aliphatic hydroxyl groups is 1. The van der Waals surface area contributed by atoms with Gasteiger partial charge >= 0.3 is 0 Å². The van der Waals surface area contributed by atoms with Gasteiger partial charge in [0.05, 0.1) is 12.7 Å². The number of ether oxygens (including phenoxy) is 1. The summed E-state index contributed by atoms with van der Waals surface area (Å²) in [6, 6.07) is 1.82. The fourth-order valence-corrected chi connectivity index (χ4v) is 1.94. The van der Waals surface area contributed by atoms with Gasteiger partial charge in [-0.05, 0) is 32.6 Å². The summed E-state index contributed by atoms with van der Waals surface area (Å²) < 4.78 is 5.36. The highest BCUT2D eigenvalue weighted by atomic mass is 16.5. The minimum Gasteiger partial charge on any atom is -0.478 e. The van der Waals surface area contributed by atoms with Gasteiger partial charge in [0.1, 0.15) is 0 Å². The van der Waals surface area contributed by atoms with Crippen molar-refractivity contribution in [2.45, 2.75) is 32.8 Å². The lowest BCUT2D eigenvalue weighted by molar-refractivity contribution is 0.0486. The molecule has 0 amide bonds. The van der Waals surface area contributed by atoms with E-state index in [0.717, 1.165) is 25.1 Å². The second kappa shape index (κ2) is 5.31. The number of nitrogens with one attached hydrogen (secondary N) is 1. The van der Waals surface area contributed by atoms with Crippen molar-refractivity contribution in [1.29, 1.82) is 0 Å². The zero-order valence-electron chi connectivity index (χ0n) is 10.3. The normalized spacial score (nSPS) is 23.0. The Kier molecular flexibility index (Phi) is 3.78. The Morgan fingerprint density at radius 3 is 2.88 bits per heavy atom. The Hall–Kier alpha value is -1.36. The Labute approximate surface area is 101 Å². The first-order valence-electron chi connectivity index (χ1n) is 6.07. The van der Waals surface area contributed by atoms with E-state index in [1.54, 1.807) is 0 Å². The molecular formula is C12H19N3O2. The maximum absolute atomic E-state index is 9.19. The predicted molar refractivity (Wildman–Crippen MR) is 65.2 cm³/mol. The zero-order valence-corrected chi connectivity index (χ0v) is 10.3. The molecule has 5 heteroatoms. The van der Waals surface area contributed by atoms with Gasteiger partial charge in [-0.15, -0.1) is 0 Å². The van der Waals surface area contributed by atoms with Crippen LogP contribution in [0.15, 0.2) is 6.07 Å². The third-order valence-corrected chi connectivity index (χ3v) is 2.88. The van der Waals surface area contributed by atoms with Crippen LogP contribution in [-0.2, 0) is 0 Å². The molecule has 1 aliphatic carbocycles. The van der Waals surface area contributed by atoms with Crippen LogP contribution in [0.3, 0.4) is 0 Å². The quantitative estimate of drug-likeness (QED) is 0.809. The van der Waals surface area contributed by atoms with Crippen LogP contribution in [-0.4, -0.2) is 34.3 Å². The molecule has 0 saturated heterocycles. The smallest absolute Gasteiger partial charge is 0.226 e. The molecule has 0 bridgehead atoms. The lowest BCUT2D eigenvalue weighted by Gasteiger charge is -2.31. The van der Waals surface area contributed by atoms with Crippen LogP contribution in [0.1, 0.15) is 25.5 Å². The average Bonchev–Trinajstić information content (AvgIpc) is 2.22. The van der Waals surface area contributed by atoms with Gasteiger partial charge in [0.15, 0.2) is 0 Å². The molecule has 94 valence electrons. The highest BCUT2D eigenvalue weighted by Gasteiger charge is 2.26. The third-order valence-electron chi connectivity index (χ3n) is 2.88. The standard InChI is InChI=1S/C12H19N3O2/c1-3-17-11-4-8(2)14-12(15-11)13-7-9-5-10(16)6-9/h4,9-10,16H,3,5-7H2,1-2H3,(H,13,14,15). The van der Waals surface area contributed by atoms with Crippen LogP contribution in [0.25, 0.3) is 0 Å². The summed E-state index contributed by atoms with van der Waals surface area (Å²) in [6.07, 6.45) is 1.63. The monoisotopic (exact) mass is 237 g/mol. The Morgan fingerprint density at radius 2 is 2.24 bits per heavy atom. The highest BCUT2D eigenvalue weighted by molar-refractivity contribution is 5.30. The first-order chi connectivity index (χ1) is 8.17. The van der Waals surface area contributed by atoms with E-state index < -0.39 is 0 Å². The molecule has 2 rings (SSSR count). The van der Waals surface area contributed by atoms with Crippen molar-refractivity contribution >= 4 is 5.95 Å². The van der Waals surface area contributed by atoms with E-state index in [-0.39, 0.29) is 6.10 Å².